The van der Waals surface area contributed by atoms with Crippen LogP contribution in [0, 0.1) is 0 Å². The van der Waals surface area contributed by atoms with Gasteiger partial charge in [0, 0.05) is 5.41 Å². The molecule has 1 aromatic carbocycles. The number of hydrogen-bond donors (Lipinski definition) is 1. The van der Waals surface area contributed by atoms with Crippen molar-refractivity contribution in [2.75, 3.05) is 0 Å². The number of rotatable bonds is 4. The molecule has 0 aliphatic heterocycles. The van der Waals surface area contributed by atoms with E-state index in [1.165, 1.54) is 6.33 Å². The maximum Gasteiger partial charge on any atom is 0.304 e. The van der Waals surface area contributed by atoms with Crippen LogP contribution in [-0.2, 0) is 10.2 Å². The first kappa shape index (κ1) is 12.3. The summed E-state index contributed by atoms with van der Waals surface area (Å²) < 4.78 is 1.65. The fraction of sp³-hybridized carbons (Fsp3) is 0.308. The van der Waals surface area contributed by atoms with Gasteiger partial charge in [0.05, 0.1) is 12.1 Å². The highest BCUT2D eigenvalue weighted by Crippen LogP contribution is 2.31. The highest BCUT2D eigenvalue weighted by atomic mass is 16.4. The first-order valence-electron chi connectivity index (χ1n) is 5.67. The number of hydrogen-bond acceptors (Lipinski definition) is 3. The minimum Gasteiger partial charge on any atom is -0.481 e. The average Bonchev–Trinajstić information content (AvgIpc) is 2.80. The minimum atomic E-state index is -0.812. The lowest BCUT2D eigenvalue weighted by Gasteiger charge is -2.25. The molecule has 2 rings (SSSR count). The molecule has 0 amide bonds. The van der Waals surface area contributed by atoms with E-state index in [1.54, 1.807) is 11.0 Å². The van der Waals surface area contributed by atoms with Crippen LogP contribution in [0.25, 0.3) is 5.69 Å². The predicted molar refractivity (Wildman–Crippen MR) is 66.6 cm³/mol. The molecule has 0 bridgehead atoms. The predicted octanol–water partition coefficient (Wildman–Crippen LogP) is 2.02. The third-order valence-electron chi connectivity index (χ3n) is 2.89. The molecule has 1 aromatic heterocycles. The molecule has 0 radical (unpaired) electrons. The Hall–Kier alpha value is -2.17. The maximum atomic E-state index is 11.0. The summed E-state index contributed by atoms with van der Waals surface area (Å²) in [7, 11) is 0. The van der Waals surface area contributed by atoms with E-state index in [2.05, 4.69) is 10.1 Å². The third-order valence-corrected chi connectivity index (χ3v) is 2.89. The smallest absolute Gasteiger partial charge is 0.304 e. The molecule has 18 heavy (non-hydrogen) atoms. The van der Waals surface area contributed by atoms with Crippen molar-refractivity contribution in [3.8, 4) is 5.69 Å². The van der Waals surface area contributed by atoms with Crippen molar-refractivity contribution in [3.63, 3.8) is 0 Å². The number of aromatic nitrogens is 3. The summed E-state index contributed by atoms with van der Waals surface area (Å²) in [6.07, 6.45) is 3.13. The first-order valence-corrected chi connectivity index (χ1v) is 5.67. The largest absolute Gasteiger partial charge is 0.481 e. The van der Waals surface area contributed by atoms with Crippen LogP contribution in [0.4, 0.5) is 0 Å². The quantitative estimate of drug-likeness (QED) is 0.894. The highest BCUT2D eigenvalue weighted by Gasteiger charge is 2.27. The lowest BCUT2D eigenvalue weighted by molar-refractivity contribution is -0.138. The summed E-state index contributed by atoms with van der Waals surface area (Å²) in [4.78, 5) is 14.9. The van der Waals surface area contributed by atoms with Crippen LogP contribution in [0.2, 0.25) is 0 Å². The molecular formula is C13H15N3O2. The highest BCUT2D eigenvalue weighted by molar-refractivity contribution is 5.69. The number of carbonyl (C=O) groups is 1. The fourth-order valence-corrected chi connectivity index (χ4v) is 2.05. The van der Waals surface area contributed by atoms with Gasteiger partial charge in [-0.3, -0.25) is 4.79 Å². The number of nitrogens with zero attached hydrogens (tertiary/aromatic N) is 3. The molecule has 0 aliphatic rings. The van der Waals surface area contributed by atoms with Crippen LogP contribution >= 0.6 is 0 Å². The molecule has 1 N–H and O–H groups in total. The van der Waals surface area contributed by atoms with Gasteiger partial charge < -0.3 is 5.11 Å². The van der Waals surface area contributed by atoms with Crippen molar-refractivity contribution >= 4 is 5.97 Å². The monoisotopic (exact) mass is 245 g/mol. The van der Waals surface area contributed by atoms with Crippen LogP contribution in [0.15, 0.2) is 36.9 Å². The Morgan fingerprint density at radius 1 is 1.39 bits per heavy atom. The summed E-state index contributed by atoms with van der Waals surface area (Å²) in [6.45, 7) is 3.83. The maximum absolute atomic E-state index is 11.0. The van der Waals surface area contributed by atoms with E-state index < -0.39 is 11.4 Å². The number of para-hydroxylation sites is 1. The molecule has 2 aromatic rings. The second-order valence-electron chi connectivity index (χ2n) is 4.81. The number of benzene rings is 1. The van der Waals surface area contributed by atoms with Crippen LogP contribution in [0.5, 0.6) is 0 Å². The first-order chi connectivity index (χ1) is 8.50. The Labute approximate surface area is 105 Å². The zero-order valence-electron chi connectivity index (χ0n) is 10.4. The molecule has 0 unspecified atom stereocenters. The summed E-state index contributed by atoms with van der Waals surface area (Å²) in [6, 6.07) is 7.64. The van der Waals surface area contributed by atoms with Gasteiger partial charge >= 0.3 is 5.97 Å². The van der Waals surface area contributed by atoms with Crippen molar-refractivity contribution in [2.24, 2.45) is 0 Å². The van der Waals surface area contributed by atoms with E-state index in [9.17, 15) is 4.79 Å². The number of carboxylic acids is 1. The summed E-state index contributed by atoms with van der Waals surface area (Å²) in [5.74, 6) is -0.812. The van der Waals surface area contributed by atoms with E-state index in [1.807, 2.05) is 38.1 Å². The van der Waals surface area contributed by atoms with Crippen molar-refractivity contribution < 1.29 is 9.90 Å². The van der Waals surface area contributed by atoms with Crippen LogP contribution < -0.4 is 0 Å². The Morgan fingerprint density at radius 3 is 2.72 bits per heavy atom. The van der Waals surface area contributed by atoms with E-state index in [4.69, 9.17) is 5.11 Å². The van der Waals surface area contributed by atoms with Gasteiger partial charge in [-0.1, -0.05) is 32.0 Å². The van der Waals surface area contributed by atoms with Crippen LogP contribution in [-0.4, -0.2) is 25.8 Å². The molecule has 0 saturated carbocycles. The topological polar surface area (TPSA) is 68.0 Å². The molecule has 0 spiro atoms. The molecule has 1 heterocycles. The zero-order chi connectivity index (χ0) is 13.2. The normalized spacial score (nSPS) is 11.4. The Morgan fingerprint density at radius 2 is 2.11 bits per heavy atom. The summed E-state index contributed by atoms with van der Waals surface area (Å²) >= 11 is 0. The fourth-order valence-electron chi connectivity index (χ4n) is 2.05. The average molecular weight is 245 g/mol. The van der Waals surface area contributed by atoms with Crippen molar-refractivity contribution in [3.05, 3.63) is 42.5 Å². The van der Waals surface area contributed by atoms with Crippen LogP contribution in [0.3, 0.4) is 0 Å². The summed E-state index contributed by atoms with van der Waals surface area (Å²) in [5, 5.41) is 13.1. The standard InChI is InChI=1S/C13H15N3O2/c1-13(2,7-12(17)18)10-5-3-4-6-11(10)16-9-14-8-15-16/h3-6,8-9H,7H2,1-2H3,(H,17,18). The van der Waals surface area contributed by atoms with Crippen molar-refractivity contribution in [1.29, 1.82) is 0 Å². The van der Waals surface area contributed by atoms with Crippen LogP contribution in [0.1, 0.15) is 25.8 Å². The molecule has 0 saturated heterocycles. The zero-order valence-corrected chi connectivity index (χ0v) is 10.4. The van der Waals surface area contributed by atoms with Gasteiger partial charge in [-0.05, 0) is 11.6 Å². The SMILES string of the molecule is CC(C)(CC(=O)O)c1ccccc1-n1cncn1. The minimum absolute atomic E-state index is 0.0682. The van der Waals surface area contributed by atoms with E-state index in [-0.39, 0.29) is 6.42 Å². The third kappa shape index (κ3) is 2.40. The van der Waals surface area contributed by atoms with E-state index >= 15 is 0 Å². The molecule has 94 valence electrons. The molecule has 0 aliphatic carbocycles. The van der Waals surface area contributed by atoms with Gasteiger partial charge in [0.25, 0.3) is 0 Å². The molecule has 0 atom stereocenters. The lowest BCUT2D eigenvalue weighted by Crippen LogP contribution is -2.23. The Kier molecular flexibility index (Phi) is 3.14. The second-order valence-corrected chi connectivity index (χ2v) is 4.81. The van der Waals surface area contributed by atoms with Gasteiger partial charge in [0.1, 0.15) is 12.7 Å². The van der Waals surface area contributed by atoms with Gasteiger partial charge in [-0.25, -0.2) is 9.67 Å². The van der Waals surface area contributed by atoms with Gasteiger partial charge in [-0.2, -0.15) is 5.10 Å². The van der Waals surface area contributed by atoms with Crippen molar-refractivity contribution in [2.45, 2.75) is 25.7 Å². The van der Waals surface area contributed by atoms with E-state index in [0.29, 0.717) is 0 Å². The molecular weight excluding hydrogens is 230 g/mol. The van der Waals surface area contributed by atoms with E-state index in [0.717, 1.165) is 11.3 Å². The Balaban J connectivity index is 2.48. The van der Waals surface area contributed by atoms with Crippen molar-refractivity contribution in [1.82, 2.24) is 14.8 Å². The number of aliphatic carboxylic acids is 1. The van der Waals surface area contributed by atoms with Gasteiger partial charge in [-0.15, -0.1) is 0 Å². The van der Waals surface area contributed by atoms with Gasteiger partial charge in [0.2, 0.25) is 0 Å². The molecule has 5 heteroatoms. The van der Waals surface area contributed by atoms with Gasteiger partial charge in [0.15, 0.2) is 0 Å². The molecule has 0 fully saturated rings. The summed E-state index contributed by atoms with van der Waals surface area (Å²) in [5.41, 5.74) is 1.34. The lowest BCUT2D eigenvalue weighted by atomic mass is 9.80. The Bertz CT molecular complexity index is 547. The number of carboxylic acid groups (broad SMARTS) is 1. The molecule has 5 nitrogen and oxygen atoms in total. The second kappa shape index (κ2) is 4.60.